The van der Waals surface area contributed by atoms with E-state index in [-0.39, 0.29) is 0 Å². The number of carbonyl (C=O) groups excluding carboxylic acids is 1. The summed E-state index contributed by atoms with van der Waals surface area (Å²) in [7, 11) is 0. The molecule has 0 fully saturated rings. The quantitative estimate of drug-likeness (QED) is 0.831. The third-order valence-electron chi connectivity index (χ3n) is 2.24. The first kappa shape index (κ1) is 13.1. The molecule has 0 aliphatic heterocycles. The Labute approximate surface area is 121 Å². The van der Waals surface area contributed by atoms with Crippen molar-refractivity contribution in [2.24, 2.45) is 5.73 Å². The van der Waals surface area contributed by atoms with Gasteiger partial charge >= 0.3 is 0 Å². The summed E-state index contributed by atoms with van der Waals surface area (Å²) in [6.07, 6.45) is 2.80. The Bertz CT molecular complexity index is 617. The van der Waals surface area contributed by atoms with Gasteiger partial charge in [-0.3, -0.25) is 4.79 Å². The maximum atomic E-state index is 10.6. The van der Waals surface area contributed by atoms with E-state index < -0.39 is 5.91 Å². The van der Waals surface area contributed by atoms with Crippen molar-refractivity contribution in [2.75, 3.05) is 0 Å². The van der Waals surface area contributed by atoms with Gasteiger partial charge in [0.25, 0.3) is 0 Å². The predicted octanol–water partition coefficient (Wildman–Crippen LogP) is 3.97. The van der Waals surface area contributed by atoms with Crippen LogP contribution in [0.15, 0.2) is 49.8 Å². The number of benzene rings is 1. The standard InChI is InChI=1S/C13H9Br2NO2/c14-8-1-4-10(11(15)7-8)12-5-2-9(18-12)3-6-13(16)17/h1-7H,(H2,16,17)/b6-3-. The van der Waals surface area contributed by atoms with E-state index in [1.807, 2.05) is 24.3 Å². The Kier molecular flexibility index (Phi) is 4.04. The smallest absolute Gasteiger partial charge is 0.241 e. The number of amides is 1. The number of hydrogen-bond donors (Lipinski definition) is 1. The zero-order valence-electron chi connectivity index (χ0n) is 9.19. The summed E-state index contributed by atoms with van der Waals surface area (Å²) in [4.78, 5) is 10.6. The van der Waals surface area contributed by atoms with Gasteiger partial charge in [0.2, 0.25) is 5.91 Å². The van der Waals surface area contributed by atoms with E-state index in [4.69, 9.17) is 10.2 Å². The van der Waals surface area contributed by atoms with E-state index in [9.17, 15) is 4.79 Å². The molecule has 0 aliphatic carbocycles. The SMILES string of the molecule is NC(=O)/C=C\c1ccc(-c2ccc(Br)cc2Br)o1. The van der Waals surface area contributed by atoms with Crippen molar-refractivity contribution in [3.8, 4) is 11.3 Å². The summed E-state index contributed by atoms with van der Waals surface area (Å²) < 4.78 is 7.51. The molecule has 0 saturated carbocycles. The van der Waals surface area contributed by atoms with Crippen LogP contribution in [0.4, 0.5) is 0 Å². The van der Waals surface area contributed by atoms with Gasteiger partial charge in [0, 0.05) is 20.6 Å². The van der Waals surface area contributed by atoms with Crippen LogP contribution in [0, 0.1) is 0 Å². The molecule has 0 spiro atoms. The van der Waals surface area contributed by atoms with Crippen molar-refractivity contribution in [3.05, 3.63) is 51.1 Å². The van der Waals surface area contributed by atoms with Gasteiger partial charge < -0.3 is 10.2 Å². The molecule has 1 amide bonds. The Morgan fingerprint density at radius 2 is 2.00 bits per heavy atom. The first-order valence-electron chi connectivity index (χ1n) is 5.09. The maximum absolute atomic E-state index is 10.6. The van der Waals surface area contributed by atoms with Gasteiger partial charge in [0.15, 0.2) is 0 Å². The molecule has 3 nitrogen and oxygen atoms in total. The minimum Gasteiger partial charge on any atom is -0.457 e. The first-order chi connectivity index (χ1) is 8.56. The summed E-state index contributed by atoms with van der Waals surface area (Å²) in [6.45, 7) is 0. The predicted molar refractivity (Wildman–Crippen MR) is 77.8 cm³/mol. The summed E-state index contributed by atoms with van der Waals surface area (Å²) in [5.74, 6) is 0.801. The topological polar surface area (TPSA) is 56.2 Å². The number of rotatable bonds is 3. The van der Waals surface area contributed by atoms with Crippen LogP contribution in [0.3, 0.4) is 0 Å². The summed E-state index contributed by atoms with van der Waals surface area (Å²) >= 11 is 6.86. The molecule has 0 bridgehead atoms. The molecular formula is C13H9Br2NO2. The third kappa shape index (κ3) is 3.11. The van der Waals surface area contributed by atoms with Crippen molar-refractivity contribution in [2.45, 2.75) is 0 Å². The molecular weight excluding hydrogens is 362 g/mol. The van der Waals surface area contributed by atoms with E-state index in [0.717, 1.165) is 20.3 Å². The lowest BCUT2D eigenvalue weighted by Gasteiger charge is -2.01. The second-order valence-corrected chi connectivity index (χ2v) is 5.33. The van der Waals surface area contributed by atoms with E-state index in [2.05, 4.69) is 31.9 Å². The Balaban J connectivity index is 2.32. The lowest BCUT2D eigenvalue weighted by Crippen LogP contribution is -2.04. The molecule has 0 unspecified atom stereocenters. The fraction of sp³-hybridized carbons (Fsp3) is 0. The molecule has 5 heteroatoms. The molecule has 1 aromatic heterocycles. The van der Waals surface area contributed by atoms with Crippen LogP contribution < -0.4 is 5.73 Å². The highest BCUT2D eigenvalue weighted by molar-refractivity contribution is 9.11. The zero-order chi connectivity index (χ0) is 13.1. The third-order valence-corrected chi connectivity index (χ3v) is 3.38. The van der Waals surface area contributed by atoms with Crippen LogP contribution >= 0.6 is 31.9 Å². The highest BCUT2D eigenvalue weighted by Crippen LogP contribution is 2.32. The summed E-state index contributed by atoms with van der Waals surface area (Å²) in [5, 5.41) is 0. The number of carbonyl (C=O) groups is 1. The molecule has 0 aliphatic rings. The monoisotopic (exact) mass is 369 g/mol. The van der Waals surface area contributed by atoms with Gasteiger partial charge in [-0.2, -0.15) is 0 Å². The highest BCUT2D eigenvalue weighted by Gasteiger charge is 2.07. The molecule has 1 aromatic carbocycles. The molecule has 1 heterocycles. The largest absolute Gasteiger partial charge is 0.457 e. The minimum absolute atomic E-state index is 0.502. The van der Waals surface area contributed by atoms with Crippen LogP contribution in [-0.2, 0) is 4.79 Å². The van der Waals surface area contributed by atoms with Crippen LogP contribution in [0.5, 0.6) is 0 Å². The number of halogens is 2. The highest BCUT2D eigenvalue weighted by atomic mass is 79.9. The van der Waals surface area contributed by atoms with Crippen molar-refractivity contribution in [1.82, 2.24) is 0 Å². The number of primary amides is 1. The normalized spacial score (nSPS) is 11.0. The van der Waals surface area contributed by atoms with E-state index >= 15 is 0 Å². The van der Waals surface area contributed by atoms with Crippen LogP contribution in [-0.4, -0.2) is 5.91 Å². The van der Waals surface area contributed by atoms with Gasteiger partial charge in [0.05, 0.1) is 0 Å². The Hall–Kier alpha value is -1.33. The van der Waals surface area contributed by atoms with E-state index in [0.29, 0.717) is 5.76 Å². The van der Waals surface area contributed by atoms with Gasteiger partial charge in [-0.1, -0.05) is 15.9 Å². The van der Waals surface area contributed by atoms with Crippen LogP contribution in [0.2, 0.25) is 0 Å². The second-order valence-electron chi connectivity index (χ2n) is 3.56. The first-order valence-corrected chi connectivity index (χ1v) is 6.67. The average Bonchev–Trinajstić information content (AvgIpc) is 2.75. The Morgan fingerprint density at radius 3 is 2.67 bits per heavy atom. The molecule has 18 heavy (non-hydrogen) atoms. The zero-order valence-corrected chi connectivity index (χ0v) is 12.4. The summed E-state index contributed by atoms with van der Waals surface area (Å²) in [5.41, 5.74) is 5.96. The van der Waals surface area contributed by atoms with E-state index in [1.165, 1.54) is 6.08 Å². The minimum atomic E-state index is -0.502. The summed E-state index contributed by atoms with van der Waals surface area (Å²) in [6, 6.07) is 9.44. The fourth-order valence-corrected chi connectivity index (χ4v) is 2.68. The molecule has 2 aromatic rings. The molecule has 92 valence electrons. The molecule has 0 atom stereocenters. The second kappa shape index (κ2) is 5.54. The lowest BCUT2D eigenvalue weighted by molar-refractivity contribution is -0.113. The van der Waals surface area contributed by atoms with Gasteiger partial charge in [-0.05, 0) is 52.3 Å². The van der Waals surface area contributed by atoms with Crippen molar-refractivity contribution in [1.29, 1.82) is 0 Å². The molecule has 0 saturated heterocycles. The van der Waals surface area contributed by atoms with Crippen molar-refractivity contribution >= 4 is 43.8 Å². The van der Waals surface area contributed by atoms with Gasteiger partial charge in [-0.15, -0.1) is 0 Å². The average molecular weight is 371 g/mol. The van der Waals surface area contributed by atoms with E-state index in [1.54, 1.807) is 12.1 Å². The fourth-order valence-electron chi connectivity index (χ4n) is 1.44. The van der Waals surface area contributed by atoms with Crippen molar-refractivity contribution in [3.63, 3.8) is 0 Å². The van der Waals surface area contributed by atoms with Gasteiger partial charge in [-0.25, -0.2) is 0 Å². The maximum Gasteiger partial charge on any atom is 0.241 e. The Morgan fingerprint density at radius 1 is 1.22 bits per heavy atom. The lowest BCUT2D eigenvalue weighted by atomic mass is 10.2. The number of hydrogen-bond acceptors (Lipinski definition) is 2. The molecule has 0 radical (unpaired) electrons. The van der Waals surface area contributed by atoms with Gasteiger partial charge in [0.1, 0.15) is 11.5 Å². The van der Waals surface area contributed by atoms with Crippen LogP contribution in [0.25, 0.3) is 17.4 Å². The molecule has 2 N–H and O–H groups in total. The number of furan rings is 1. The van der Waals surface area contributed by atoms with Crippen molar-refractivity contribution < 1.29 is 9.21 Å². The molecule has 2 rings (SSSR count). The number of nitrogens with two attached hydrogens (primary N) is 1. The van der Waals surface area contributed by atoms with Crippen LogP contribution in [0.1, 0.15) is 5.76 Å².